The highest BCUT2D eigenvalue weighted by Gasteiger charge is 2.23. The van der Waals surface area contributed by atoms with Gasteiger partial charge in [0.15, 0.2) is 0 Å². The first-order valence-corrected chi connectivity index (χ1v) is 7.27. The van der Waals surface area contributed by atoms with Gasteiger partial charge < -0.3 is 5.32 Å². The molecule has 0 aliphatic carbocycles. The van der Waals surface area contributed by atoms with Crippen LogP contribution in [0.3, 0.4) is 0 Å². The lowest BCUT2D eigenvalue weighted by atomic mass is 10.3. The van der Waals surface area contributed by atoms with Crippen LogP contribution in [0.2, 0.25) is 0 Å². The van der Waals surface area contributed by atoms with Gasteiger partial charge in [-0.15, -0.1) is 5.10 Å². The van der Waals surface area contributed by atoms with Crippen molar-refractivity contribution in [1.29, 1.82) is 0 Å². The summed E-state index contributed by atoms with van der Waals surface area (Å²) in [5, 5.41) is 9.87. The van der Waals surface area contributed by atoms with Crippen LogP contribution >= 0.6 is 23.3 Å². The summed E-state index contributed by atoms with van der Waals surface area (Å²) in [4.78, 5) is 2.48. The molecule has 0 saturated carbocycles. The maximum absolute atomic E-state index is 4.19. The second-order valence-corrected chi connectivity index (χ2v) is 6.89. The molecule has 0 amide bonds. The molecule has 2 heterocycles. The molecule has 90 valence electrons. The first-order valence-electron chi connectivity index (χ1n) is 5.56. The Morgan fingerprint density at radius 1 is 1.38 bits per heavy atom. The van der Waals surface area contributed by atoms with E-state index in [-0.39, 0.29) is 0 Å². The lowest BCUT2D eigenvalue weighted by Gasteiger charge is -2.34. The Kier molecular flexibility index (Phi) is 4.05. The smallest absolute Gasteiger partial charge is 0.134 e. The fraction of sp³-hybridized carbons (Fsp3) is 0.800. The Balaban J connectivity index is 1.98. The summed E-state index contributed by atoms with van der Waals surface area (Å²) in [5.74, 6) is 0. The standard InChI is InChI=1S/C10H18N4S2/c1-7-4-14(5-8(2)15-7)6-9-10(11-3)16-13-12-9/h7-8,11H,4-6H2,1-3H3. The van der Waals surface area contributed by atoms with Crippen LogP contribution in [0.4, 0.5) is 5.00 Å². The molecule has 6 heteroatoms. The molecule has 2 atom stereocenters. The summed E-state index contributed by atoms with van der Waals surface area (Å²) >= 11 is 3.51. The number of hydrogen-bond acceptors (Lipinski definition) is 6. The van der Waals surface area contributed by atoms with Crippen LogP contribution < -0.4 is 5.32 Å². The molecule has 1 N–H and O–H groups in total. The van der Waals surface area contributed by atoms with Gasteiger partial charge in [-0.3, -0.25) is 4.90 Å². The zero-order valence-corrected chi connectivity index (χ0v) is 11.6. The normalized spacial score (nSPS) is 26.9. The van der Waals surface area contributed by atoms with Gasteiger partial charge in [0.1, 0.15) is 10.7 Å². The molecule has 2 rings (SSSR count). The lowest BCUT2D eigenvalue weighted by Crippen LogP contribution is -2.39. The first kappa shape index (κ1) is 12.1. The summed E-state index contributed by atoms with van der Waals surface area (Å²) in [6, 6.07) is 0. The highest BCUT2D eigenvalue weighted by molar-refractivity contribution is 8.00. The molecule has 0 radical (unpaired) electrons. The summed E-state index contributed by atoms with van der Waals surface area (Å²) in [6.45, 7) is 7.81. The second-order valence-electron chi connectivity index (χ2n) is 4.25. The van der Waals surface area contributed by atoms with Gasteiger partial charge in [-0.2, -0.15) is 11.8 Å². The van der Waals surface area contributed by atoms with Crippen LogP contribution in [-0.2, 0) is 6.54 Å². The second kappa shape index (κ2) is 5.33. The Morgan fingerprint density at radius 3 is 2.69 bits per heavy atom. The first-order chi connectivity index (χ1) is 7.69. The van der Waals surface area contributed by atoms with E-state index in [9.17, 15) is 0 Å². The molecule has 1 aliphatic heterocycles. The molecule has 0 bridgehead atoms. The number of anilines is 1. The largest absolute Gasteiger partial charge is 0.377 e. The van der Waals surface area contributed by atoms with E-state index in [0.29, 0.717) is 10.5 Å². The summed E-state index contributed by atoms with van der Waals surface area (Å²) in [5.41, 5.74) is 1.08. The zero-order chi connectivity index (χ0) is 11.5. The number of aromatic nitrogens is 2. The fourth-order valence-corrected chi connectivity index (χ4v) is 4.04. The molecule has 1 aliphatic rings. The SMILES string of the molecule is CNc1snnc1CN1CC(C)SC(C)C1. The average Bonchev–Trinajstić information content (AvgIpc) is 2.63. The zero-order valence-electron chi connectivity index (χ0n) is 9.93. The van der Waals surface area contributed by atoms with Gasteiger partial charge in [-0.05, 0) is 0 Å². The summed E-state index contributed by atoms with van der Waals surface area (Å²) in [7, 11) is 1.93. The van der Waals surface area contributed by atoms with Crippen molar-refractivity contribution in [2.24, 2.45) is 0 Å². The third-order valence-corrected chi connectivity index (χ3v) is 4.66. The Bertz CT molecular complexity index is 331. The third-order valence-electron chi connectivity index (χ3n) is 2.65. The fourth-order valence-electron chi connectivity index (χ4n) is 2.13. The van der Waals surface area contributed by atoms with Crippen LogP contribution in [0.5, 0.6) is 0 Å². The number of hydrogen-bond donors (Lipinski definition) is 1. The van der Waals surface area contributed by atoms with E-state index in [1.165, 1.54) is 11.5 Å². The molecular formula is C10H18N4S2. The van der Waals surface area contributed by atoms with E-state index in [1.807, 2.05) is 7.05 Å². The van der Waals surface area contributed by atoms with Gasteiger partial charge in [0, 0.05) is 48.7 Å². The van der Waals surface area contributed by atoms with Crippen molar-refractivity contribution >= 4 is 28.3 Å². The molecular weight excluding hydrogens is 240 g/mol. The molecule has 1 aromatic heterocycles. The predicted octanol–water partition coefficient (Wildman–Crippen LogP) is 1.91. The molecule has 1 fully saturated rings. The number of nitrogens with zero attached hydrogens (tertiary/aromatic N) is 3. The predicted molar refractivity (Wildman–Crippen MR) is 71.2 cm³/mol. The minimum absolute atomic E-state index is 0.716. The maximum atomic E-state index is 4.19. The number of nitrogens with one attached hydrogen (secondary N) is 1. The monoisotopic (exact) mass is 258 g/mol. The van der Waals surface area contributed by atoms with Gasteiger partial charge >= 0.3 is 0 Å². The Labute approximate surface area is 105 Å². The Hall–Kier alpha value is -0.330. The molecule has 1 aromatic rings. The van der Waals surface area contributed by atoms with Gasteiger partial charge in [0.2, 0.25) is 0 Å². The van der Waals surface area contributed by atoms with Crippen molar-refractivity contribution in [3.8, 4) is 0 Å². The van der Waals surface area contributed by atoms with Crippen molar-refractivity contribution in [3.63, 3.8) is 0 Å². The van der Waals surface area contributed by atoms with E-state index < -0.39 is 0 Å². The van der Waals surface area contributed by atoms with E-state index in [0.717, 1.165) is 30.3 Å². The Morgan fingerprint density at radius 2 is 2.06 bits per heavy atom. The van der Waals surface area contributed by atoms with E-state index in [1.54, 1.807) is 0 Å². The number of rotatable bonds is 3. The summed E-state index contributed by atoms with van der Waals surface area (Å²) < 4.78 is 3.99. The minimum Gasteiger partial charge on any atom is -0.377 e. The van der Waals surface area contributed by atoms with Gasteiger partial charge in [-0.25, -0.2) is 0 Å². The van der Waals surface area contributed by atoms with Crippen molar-refractivity contribution in [2.75, 3.05) is 25.5 Å². The highest BCUT2D eigenvalue weighted by atomic mass is 32.2. The van der Waals surface area contributed by atoms with Crippen LogP contribution in [0, 0.1) is 0 Å². The van der Waals surface area contributed by atoms with Crippen LogP contribution in [0.15, 0.2) is 0 Å². The van der Waals surface area contributed by atoms with E-state index in [4.69, 9.17) is 0 Å². The number of thioether (sulfide) groups is 1. The van der Waals surface area contributed by atoms with Gasteiger partial charge in [-0.1, -0.05) is 18.3 Å². The van der Waals surface area contributed by atoms with Crippen LogP contribution in [0.1, 0.15) is 19.5 Å². The highest BCUT2D eigenvalue weighted by Crippen LogP contribution is 2.27. The van der Waals surface area contributed by atoms with Crippen molar-refractivity contribution in [2.45, 2.75) is 30.9 Å². The molecule has 1 saturated heterocycles. The molecule has 0 aromatic carbocycles. The van der Waals surface area contributed by atoms with E-state index >= 15 is 0 Å². The van der Waals surface area contributed by atoms with Gasteiger partial charge in [0.25, 0.3) is 0 Å². The van der Waals surface area contributed by atoms with Crippen molar-refractivity contribution in [3.05, 3.63) is 5.69 Å². The van der Waals surface area contributed by atoms with Crippen LogP contribution in [-0.4, -0.2) is 45.1 Å². The maximum Gasteiger partial charge on any atom is 0.134 e. The lowest BCUT2D eigenvalue weighted by molar-refractivity contribution is 0.260. The molecule has 16 heavy (non-hydrogen) atoms. The molecule has 2 unspecified atom stereocenters. The minimum atomic E-state index is 0.716. The molecule has 0 spiro atoms. The topological polar surface area (TPSA) is 41.1 Å². The van der Waals surface area contributed by atoms with Crippen molar-refractivity contribution in [1.82, 2.24) is 14.5 Å². The quantitative estimate of drug-likeness (QED) is 0.897. The van der Waals surface area contributed by atoms with Crippen LogP contribution in [0.25, 0.3) is 0 Å². The van der Waals surface area contributed by atoms with Crippen molar-refractivity contribution < 1.29 is 0 Å². The average molecular weight is 258 g/mol. The third kappa shape index (κ3) is 2.87. The molecule has 4 nitrogen and oxygen atoms in total. The van der Waals surface area contributed by atoms with Gasteiger partial charge in [0.05, 0.1) is 0 Å². The summed E-state index contributed by atoms with van der Waals surface area (Å²) in [6.07, 6.45) is 0. The van der Waals surface area contributed by atoms with E-state index in [2.05, 4.69) is 45.4 Å².